The average molecular weight is 283 g/mol. The van der Waals surface area contributed by atoms with Crippen LogP contribution in [0, 0.1) is 5.92 Å². The van der Waals surface area contributed by atoms with E-state index in [0.29, 0.717) is 5.92 Å². The van der Waals surface area contributed by atoms with E-state index in [-0.39, 0.29) is 12.4 Å². The van der Waals surface area contributed by atoms with Gasteiger partial charge in [0.05, 0.1) is 0 Å². The van der Waals surface area contributed by atoms with Gasteiger partial charge in [0.25, 0.3) is 0 Å². The summed E-state index contributed by atoms with van der Waals surface area (Å²) in [5.41, 5.74) is 8.59. The topological polar surface area (TPSA) is 29.3 Å². The maximum absolute atomic E-state index is 5.73. The van der Waals surface area contributed by atoms with Crippen molar-refractivity contribution in [2.24, 2.45) is 11.7 Å². The molecule has 1 aromatic rings. The molecule has 0 aliphatic carbocycles. The van der Waals surface area contributed by atoms with Crippen LogP contribution in [-0.4, -0.2) is 24.5 Å². The van der Waals surface area contributed by atoms with E-state index in [1.807, 2.05) is 0 Å². The van der Waals surface area contributed by atoms with Crippen molar-refractivity contribution in [2.75, 3.05) is 19.6 Å². The fourth-order valence-corrected chi connectivity index (χ4v) is 2.65. The molecule has 1 heterocycles. The zero-order chi connectivity index (χ0) is 13.0. The van der Waals surface area contributed by atoms with Crippen molar-refractivity contribution in [3.63, 3.8) is 0 Å². The molecule has 2 N–H and O–H groups in total. The van der Waals surface area contributed by atoms with Gasteiger partial charge in [0.15, 0.2) is 0 Å². The summed E-state index contributed by atoms with van der Waals surface area (Å²) < 4.78 is 0. The molecule has 0 unspecified atom stereocenters. The highest BCUT2D eigenvalue weighted by atomic mass is 35.5. The third kappa shape index (κ3) is 4.79. The molecule has 1 aliphatic rings. The van der Waals surface area contributed by atoms with Gasteiger partial charge in [0, 0.05) is 6.54 Å². The van der Waals surface area contributed by atoms with Crippen molar-refractivity contribution in [1.82, 2.24) is 4.90 Å². The second kappa shape index (κ2) is 7.88. The first kappa shape index (κ1) is 16.5. The van der Waals surface area contributed by atoms with E-state index < -0.39 is 0 Å². The predicted molar refractivity (Wildman–Crippen MR) is 84.8 cm³/mol. The summed E-state index contributed by atoms with van der Waals surface area (Å²) in [6, 6.07) is 9.11. The molecular weight excluding hydrogens is 256 g/mol. The molecule has 0 aromatic heterocycles. The van der Waals surface area contributed by atoms with Crippen LogP contribution in [-0.2, 0) is 6.54 Å². The zero-order valence-corrected chi connectivity index (χ0v) is 13.0. The quantitative estimate of drug-likeness (QED) is 0.917. The van der Waals surface area contributed by atoms with Gasteiger partial charge >= 0.3 is 0 Å². The van der Waals surface area contributed by atoms with Crippen LogP contribution < -0.4 is 5.73 Å². The van der Waals surface area contributed by atoms with Gasteiger partial charge in [-0.2, -0.15) is 0 Å². The summed E-state index contributed by atoms with van der Waals surface area (Å²) in [6.45, 7) is 8.84. The lowest BCUT2D eigenvalue weighted by Crippen LogP contribution is -2.35. The molecule has 2 nitrogen and oxygen atoms in total. The minimum atomic E-state index is 0. The van der Waals surface area contributed by atoms with Crippen molar-refractivity contribution in [2.45, 2.75) is 39.2 Å². The van der Waals surface area contributed by atoms with Gasteiger partial charge in [0.1, 0.15) is 0 Å². The van der Waals surface area contributed by atoms with Crippen molar-refractivity contribution >= 4 is 12.4 Å². The molecule has 19 heavy (non-hydrogen) atoms. The number of hydrogen-bond acceptors (Lipinski definition) is 2. The molecule has 2 rings (SSSR count). The summed E-state index contributed by atoms with van der Waals surface area (Å²) in [4.78, 5) is 2.55. The normalized spacial score (nSPS) is 17.5. The van der Waals surface area contributed by atoms with Gasteiger partial charge in [-0.15, -0.1) is 12.4 Å². The minimum Gasteiger partial charge on any atom is -0.330 e. The van der Waals surface area contributed by atoms with Gasteiger partial charge in [-0.1, -0.05) is 38.1 Å². The van der Waals surface area contributed by atoms with Crippen molar-refractivity contribution in [3.8, 4) is 0 Å². The Morgan fingerprint density at radius 3 is 2.21 bits per heavy atom. The summed E-state index contributed by atoms with van der Waals surface area (Å²) in [5.74, 6) is 1.38. The number of likely N-dealkylation sites (tertiary alicyclic amines) is 1. The van der Waals surface area contributed by atoms with Crippen molar-refractivity contribution < 1.29 is 0 Å². The molecular formula is C16H27ClN2. The molecule has 0 amide bonds. The highest BCUT2D eigenvalue weighted by molar-refractivity contribution is 5.85. The summed E-state index contributed by atoms with van der Waals surface area (Å²) in [7, 11) is 0. The highest BCUT2D eigenvalue weighted by Crippen LogP contribution is 2.19. The largest absolute Gasteiger partial charge is 0.330 e. The van der Waals surface area contributed by atoms with E-state index in [9.17, 15) is 0 Å². The molecule has 0 atom stereocenters. The number of nitrogens with two attached hydrogens (primary N) is 1. The highest BCUT2D eigenvalue weighted by Gasteiger charge is 2.17. The van der Waals surface area contributed by atoms with E-state index in [4.69, 9.17) is 5.73 Å². The van der Waals surface area contributed by atoms with E-state index in [1.54, 1.807) is 0 Å². The molecule has 0 bridgehead atoms. The standard InChI is InChI=1S/C16H26N2.ClH/c1-13(2)16-5-3-15(4-6-16)12-18-9-7-14(11-17)8-10-18;/h3-6,13-14H,7-12,17H2,1-2H3;1H. The van der Waals surface area contributed by atoms with Gasteiger partial charge < -0.3 is 5.73 Å². The molecule has 1 fully saturated rings. The predicted octanol–water partition coefficient (Wildman–Crippen LogP) is 3.40. The molecule has 108 valence electrons. The lowest BCUT2D eigenvalue weighted by atomic mass is 9.96. The van der Waals surface area contributed by atoms with Crippen LogP contribution in [0.15, 0.2) is 24.3 Å². The third-order valence-electron chi connectivity index (χ3n) is 4.09. The van der Waals surface area contributed by atoms with Crippen molar-refractivity contribution in [1.29, 1.82) is 0 Å². The fraction of sp³-hybridized carbons (Fsp3) is 0.625. The summed E-state index contributed by atoms with van der Waals surface area (Å²) >= 11 is 0. The number of rotatable bonds is 4. The van der Waals surface area contributed by atoms with Crippen LogP contribution in [0.25, 0.3) is 0 Å². The molecule has 0 radical (unpaired) electrons. The SMILES string of the molecule is CC(C)c1ccc(CN2CCC(CN)CC2)cc1.Cl. The van der Waals surface area contributed by atoms with Crippen LogP contribution in [0.4, 0.5) is 0 Å². The van der Waals surface area contributed by atoms with Gasteiger partial charge in [-0.05, 0) is 55.4 Å². The number of piperidine rings is 1. The Morgan fingerprint density at radius 2 is 1.74 bits per heavy atom. The van der Waals surface area contributed by atoms with E-state index in [0.717, 1.165) is 19.0 Å². The molecule has 1 saturated heterocycles. The van der Waals surface area contributed by atoms with Crippen LogP contribution in [0.3, 0.4) is 0 Å². The molecule has 1 aliphatic heterocycles. The Balaban J connectivity index is 0.00000180. The monoisotopic (exact) mass is 282 g/mol. The summed E-state index contributed by atoms with van der Waals surface area (Å²) in [5, 5.41) is 0. The number of hydrogen-bond donors (Lipinski definition) is 1. The zero-order valence-electron chi connectivity index (χ0n) is 12.1. The first-order chi connectivity index (χ1) is 8.69. The minimum absolute atomic E-state index is 0. The first-order valence-corrected chi connectivity index (χ1v) is 7.20. The summed E-state index contributed by atoms with van der Waals surface area (Å²) in [6.07, 6.45) is 2.53. The smallest absolute Gasteiger partial charge is 0.0233 e. The van der Waals surface area contributed by atoms with Gasteiger partial charge in [-0.3, -0.25) is 4.90 Å². The average Bonchev–Trinajstić information content (AvgIpc) is 2.40. The molecule has 1 aromatic carbocycles. The Morgan fingerprint density at radius 1 is 1.16 bits per heavy atom. The lowest BCUT2D eigenvalue weighted by molar-refractivity contribution is 0.180. The first-order valence-electron chi connectivity index (χ1n) is 7.20. The number of nitrogens with zero attached hydrogens (tertiary/aromatic N) is 1. The number of halogens is 1. The number of benzene rings is 1. The Bertz CT molecular complexity index is 354. The Hall–Kier alpha value is -0.570. The van der Waals surface area contributed by atoms with E-state index in [1.165, 1.54) is 37.1 Å². The van der Waals surface area contributed by atoms with E-state index in [2.05, 4.69) is 43.0 Å². The van der Waals surface area contributed by atoms with Crippen LogP contribution in [0.1, 0.15) is 43.7 Å². The Kier molecular flexibility index (Phi) is 6.84. The van der Waals surface area contributed by atoms with Gasteiger partial charge in [0.2, 0.25) is 0 Å². The van der Waals surface area contributed by atoms with Crippen LogP contribution >= 0.6 is 12.4 Å². The van der Waals surface area contributed by atoms with Crippen molar-refractivity contribution in [3.05, 3.63) is 35.4 Å². The Labute approximate surface area is 123 Å². The van der Waals surface area contributed by atoms with Crippen LogP contribution in [0.2, 0.25) is 0 Å². The second-order valence-electron chi connectivity index (χ2n) is 5.85. The second-order valence-corrected chi connectivity index (χ2v) is 5.85. The maximum atomic E-state index is 5.73. The molecule has 3 heteroatoms. The lowest BCUT2D eigenvalue weighted by Gasteiger charge is -2.31. The fourth-order valence-electron chi connectivity index (χ4n) is 2.65. The maximum Gasteiger partial charge on any atom is 0.0233 e. The van der Waals surface area contributed by atoms with Crippen LogP contribution in [0.5, 0.6) is 0 Å². The molecule has 0 saturated carbocycles. The van der Waals surface area contributed by atoms with E-state index >= 15 is 0 Å². The third-order valence-corrected chi connectivity index (χ3v) is 4.09. The van der Waals surface area contributed by atoms with Gasteiger partial charge in [-0.25, -0.2) is 0 Å². The molecule has 0 spiro atoms.